The molecular weight excluding hydrogens is 190 g/mol. The zero-order chi connectivity index (χ0) is 11.4. The van der Waals surface area contributed by atoms with Gasteiger partial charge in [0, 0.05) is 0 Å². The van der Waals surface area contributed by atoms with E-state index in [9.17, 15) is 5.11 Å². The molecular formula is C12H19NO2. The Morgan fingerprint density at radius 3 is 2.60 bits per heavy atom. The van der Waals surface area contributed by atoms with Gasteiger partial charge in [0.05, 0.1) is 19.3 Å². The van der Waals surface area contributed by atoms with Crippen LogP contribution in [0.2, 0.25) is 0 Å². The minimum absolute atomic E-state index is 0.320. The van der Waals surface area contributed by atoms with Crippen LogP contribution in [0.25, 0.3) is 0 Å². The number of benzene rings is 1. The third-order valence-electron chi connectivity index (χ3n) is 2.64. The summed E-state index contributed by atoms with van der Waals surface area (Å²) in [4.78, 5) is 0. The van der Waals surface area contributed by atoms with Gasteiger partial charge in [-0.3, -0.25) is 0 Å². The van der Waals surface area contributed by atoms with Gasteiger partial charge in [-0.15, -0.1) is 0 Å². The summed E-state index contributed by atoms with van der Waals surface area (Å²) in [5.41, 5.74) is 7.90. The molecule has 0 heterocycles. The van der Waals surface area contributed by atoms with E-state index in [-0.39, 0.29) is 6.04 Å². The van der Waals surface area contributed by atoms with E-state index in [2.05, 4.69) is 0 Å². The molecule has 0 saturated heterocycles. The van der Waals surface area contributed by atoms with Crippen molar-refractivity contribution in [2.45, 2.75) is 32.4 Å². The summed E-state index contributed by atoms with van der Waals surface area (Å²) in [6, 6.07) is 5.42. The van der Waals surface area contributed by atoms with Crippen molar-refractivity contribution in [2.24, 2.45) is 5.73 Å². The highest BCUT2D eigenvalue weighted by molar-refractivity contribution is 5.37. The maximum Gasteiger partial charge on any atom is 0.121 e. The second kappa shape index (κ2) is 5.14. The molecule has 0 unspecified atom stereocenters. The number of aryl methyl sites for hydroxylation is 1. The van der Waals surface area contributed by atoms with Gasteiger partial charge in [0.1, 0.15) is 5.75 Å². The topological polar surface area (TPSA) is 55.5 Å². The van der Waals surface area contributed by atoms with E-state index >= 15 is 0 Å². The van der Waals surface area contributed by atoms with E-state index in [4.69, 9.17) is 10.5 Å². The molecule has 3 N–H and O–H groups in total. The summed E-state index contributed by atoms with van der Waals surface area (Å²) in [6.07, 6.45) is 0.171. The smallest absolute Gasteiger partial charge is 0.121 e. The first-order valence-corrected chi connectivity index (χ1v) is 5.18. The number of hydrogen-bond acceptors (Lipinski definition) is 3. The van der Waals surface area contributed by atoms with Crippen LogP contribution in [-0.2, 0) is 0 Å². The molecule has 1 aromatic rings. The molecule has 0 saturated carbocycles. The number of methoxy groups -OCH3 is 1. The van der Waals surface area contributed by atoms with Gasteiger partial charge >= 0.3 is 0 Å². The third kappa shape index (κ3) is 2.70. The van der Waals surface area contributed by atoms with Gasteiger partial charge < -0.3 is 15.6 Å². The van der Waals surface area contributed by atoms with Crippen molar-refractivity contribution in [3.63, 3.8) is 0 Å². The number of hydrogen-bond donors (Lipinski definition) is 2. The molecule has 0 aromatic heterocycles. The van der Waals surface area contributed by atoms with Gasteiger partial charge in [0.2, 0.25) is 0 Å². The monoisotopic (exact) mass is 209 g/mol. The zero-order valence-corrected chi connectivity index (χ0v) is 9.53. The molecule has 3 nitrogen and oxygen atoms in total. The Balaban J connectivity index is 2.92. The molecule has 2 atom stereocenters. The van der Waals surface area contributed by atoms with Crippen LogP contribution >= 0.6 is 0 Å². The standard InChI is InChI=1S/C12H19NO2/c1-4-10(14)12(13)9-5-6-11(15-3)8(2)7-9/h5-7,10,12,14H,4,13H2,1-3H3/t10-,12+/m1/s1. The van der Waals surface area contributed by atoms with Crippen LogP contribution in [0.5, 0.6) is 5.75 Å². The van der Waals surface area contributed by atoms with Gasteiger partial charge in [-0.25, -0.2) is 0 Å². The first-order valence-electron chi connectivity index (χ1n) is 5.18. The van der Waals surface area contributed by atoms with E-state index in [0.717, 1.165) is 16.9 Å². The first-order chi connectivity index (χ1) is 7.10. The van der Waals surface area contributed by atoms with Gasteiger partial charge in [0.15, 0.2) is 0 Å². The molecule has 1 rings (SSSR count). The molecule has 0 aliphatic carbocycles. The highest BCUT2D eigenvalue weighted by Crippen LogP contribution is 2.23. The number of nitrogens with two attached hydrogens (primary N) is 1. The van der Waals surface area contributed by atoms with E-state index in [1.807, 2.05) is 32.0 Å². The fourth-order valence-electron chi connectivity index (χ4n) is 1.59. The molecule has 84 valence electrons. The van der Waals surface area contributed by atoms with E-state index in [1.54, 1.807) is 7.11 Å². The van der Waals surface area contributed by atoms with Gasteiger partial charge in [-0.05, 0) is 30.5 Å². The molecule has 3 heteroatoms. The lowest BCUT2D eigenvalue weighted by molar-refractivity contribution is 0.140. The third-order valence-corrected chi connectivity index (χ3v) is 2.64. The van der Waals surface area contributed by atoms with Crippen LogP contribution in [0.4, 0.5) is 0 Å². The largest absolute Gasteiger partial charge is 0.496 e. The predicted molar refractivity (Wildman–Crippen MR) is 61.0 cm³/mol. The Kier molecular flexibility index (Phi) is 4.12. The van der Waals surface area contributed by atoms with E-state index in [1.165, 1.54) is 0 Å². The maximum absolute atomic E-state index is 9.64. The van der Waals surface area contributed by atoms with Crippen molar-refractivity contribution < 1.29 is 9.84 Å². The summed E-state index contributed by atoms with van der Waals surface area (Å²) >= 11 is 0. The van der Waals surface area contributed by atoms with Crippen LogP contribution in [0.15, 0.2) is 18.2 Å². The molecule has 0 aliphatic rings. The summed E-state index contributed by atoms with van der Waals surface area (Å²) in [6.45, 7) is 3.88. The highest BCUT2D eigenvalue weighted by atomic mass is 16.5. The number of ether oxygens (including phenoxy) is 1. The Labute approximate surface area is 90.9 Å². The Morgan fingerprint density at radius 1 is 1.47 bits per heavy atom. The maximum atomic E-state index is 9.64. The normalized spacial score (nSPS) is 14.7. The summed E-state index contributed by atoms with van der Waals surface area (Å²) in [5.74, 6) is 0.844. The molecule has 0 aliphatic heterocycles. The SMILES string of the molecule is CC[C@@H](O)[C@@H](N)c1ccc(OC)c(C)c1. The van der Waals surface area contributed by atoms with Crippen LogP contribution in [-0.4, -0.2) is 18.3 Å². The van der Waals surface area contributed by atoms with Crippen LogP contribution in [0, 0.1) is 6.92 Å². The summed E-state index contributed by atoms with van der Waals surface area (Å²) < 4.78 is 5.16. The molecule has 0 radical (unpaired) electrons. The second-order valence-electron chi connectivity index (χ2n) is 3.73. The lowest BCUT2D eigenvalue weighted by Crippen LogP contribution is -2.25. The van der Waals surface area contributed by atoms with Crippen molar-refractivity contribution in [3.8, 4) is 5.75 Å². The number of rotatable bonds is 4. The first kappa shape index (κ1) is 12.0. The summed E-state index contributed by atoms with van der Waals surface area (Å²) in [7, 11) is 1.64. The van der Waals surface area contributed by atoms with Gasteiger partial charge in [0.25, 0.3) is 0 Å². The molecule has 1 aromatic carbocycles. The average Bonchev–Trinajstić information content (AvgIpc) is 2.26. The van der Waals surface area contributed by atoms with E-state index < -0.39 is 6.10 Å². The van der Waals surface area contributed by atoms with Gasteiger partial charge in [-0.2, -0.15) is 0 Å². The van der Waals surface area contributed by atoms with Crippen molar-refractivity contribution in [1.82, 2.24) is 0 Å². The van der Waals surface area contributed by atoms with Crippen LogP contribution < -0.4 is 10.5 Å². The zero-order valence-electron chi connectivity index (χ0n) is 9.53. The van der Waals surface area contributed by atoms with Gasteiger partial charge in [-0.1, -0.05) is 19.1 Å². The van der Waals surface area contributed by atoms with Crippen LogP contribution in [0.1, 0.15) is 30.5 Å². The average molecular weight is 209 g/mol. The molecule has 0 bridgehead atoms. The number of aliphatic hydroxyl groups is 1. The molecule has 15 heavy (non-hydrogen) atoms. The Hall–Kier alpha value is -1.06. The van der Waals surface area contributed by atoms with Crippen LogP contribution in [0.3, 0.4) is 0 Å². The van der Waals surface area contributed by atoms with Crippen molar-refractivity contribution in [3.05, 3.63) is 29.3 Å². The number of aliphatic hydroxyl groups excluding tert-OH is 1. The minimum atomic E-state index is -0.488. The van der Waals surface area contributed by atoms with Crippen molar-refractivity contribution >= 4 is 0 Å². The Bertz CT molecular complexity index is 325. The quantitative estimate of drug-likeness (QED) is 0.794. The fourth-order valence-corrected chi connectivity index (χ4v) is 1.59. The molecule has 0 fully saturated rings. The summed E-state index contributed by atoms with van der Waals surface area (Å²) in [5, 5.41) is 9.64. The Morgan fingerprint density at radius 2 is 2.13 bits per heavy atom. The minimum Gasteiger partial charge on any atom is -0.496 e. The highest BCUT2D eigenvalue weighted by Gasteiger charge is 2.15. The van der Waals surface area contributed by atoms with Crippen molar-refractivity contribution in [2.75, 3.05) is 7.11 Å². The lowest BCUT2D eigenvalue weighted by atomic mass is 9.99. The lowest BCUT2D eigenvalue weighted by Gasteiger charge is -2.18. The van der Waals surface area contributed by atoms with Crippen molar-refractivity contribution in [1.29, 1.82) is 0 Å². The predicted octanol–water partition coefficient (Wildman–Crippen LogP) is 1.77. The molecule has 0 spiro atoms. The van der Waals surface area contributed by atoms with E-state index in [0.29, 0.717) is 6.42 Å². The fraction of sp³-hybridized carbons (Fsp3) is 0.500. The second-order valence-corrected chi connectivity index (χ2v) is 3.73. The molecule has 0 amide bonds.